The Bertz CT molecular complexity index is 892. The van der Waals surface area contributed by atoms with E-state index < -0.39 is 0 Å². The van der Waals surface area contributed by atoms with Gasteiger partial charge in [-0.1, -0.05) is 30.9 Å². The van der Waals surface area contributed by atoms with E-state index in [1.807, 2.05) is 43.4 Å². The number of allylic oxidation sites excluding steroid dienone is 3. The number of nitrogens with one attached hydrogen (secondary N) is 2. The number of carbonyl (C=O) groups is 1. The molecule has 0 saturated heterocycles. The van der Waals surface area contributed by atoms with Crippen molar-refractivity contribution in [3.8, 4) is 0 Å². The van der Waals surface area contributed by atoms with Crippen LogP contribution in [0.5, 0.6) is 0 Å². The van der Waals surface area contributed by atoms with Crippen LogP contribution in [0.25, 0.3) is 5.65 Å². The second-order valence-electron chi connectivity index (χ2n) is 5.56. The number of hydrogen-bond acceptors (Lipinski definition) is 5. The summed E-state index contributed by atoms with van der Waals surface area (Å²) in [4.78, 5) is 16.9. The van der Waals surface area contributed by atoms with Gasteiger partial charge in [0.1, 0.15) is 5.56 Å². The van der Waals surface area contributed by atoms with Crippen molar-refractivity contribution in [2.75, 3.05) is 7.05 Å². The quantitative estimate of drug-likeness (QED) is 0.815. The Morgan fingerprint density at radius 1 is 1.48 bits per heavy atom. The van der Waals surface area contributed by atoms with Crippen molar-refractivity contribution >= 4 is 11.6 Å². The van der Waals surface area contributed by atoms with E-state index in [-0.39, 0.29) is 11.9 Å². The summed E-state index contributed by atoms with van der Waals surface area (Å²) in [6.45, 7) is 5.70. The molecule has 2 aromatic rings. The summed E-state index contributed by atoms with van der Waals surface area (Å²) in [5, 5.41) is 8.94. The normalized spacial score (nSPS) is 18.0. The number of rotatable bonds is 5. The van der Waals surface area contributed by atoms with Gasteiger partial charge in [-0.3, -0.25) is 4.79 Å². The van der Waals surface area contributed by atoms with Crippen LogP contribution in [0.4, 0.5) is 0 Å². The SMILES string of the molecule is C=C/C=C(\C=C/C)C1NN(C)C=C1NC(=O)c1cnn2cccnc12. The molecule has 1 amide bonds. The predicted molar refractivity (Wildman–Crippen MR) is 96.3 cm³/mol. The topological polar surface area (TPSA) is 74.6 Å². The van der Waals surface area contributed by atoms with Gasteiger partial charge in [0.15, 0.2) is 5.65 Å². The fourth-order valence-corrected chi connectivity index (χ4v) is 2.71. The molecule has 0 radical (unpaired) electrons. The van der Waals surface area contributed by atoms with Crippen molar-refractivity contribution in [3.63, 3.8) is 0 Å². The lowest BCUT2D eigenvalue weighted by Gasteiger charge is -2.18. The fraction of sp³-hybridized carbons (Fsp3) is 0.167. The molecule has 128 valence electrons. The average molecular weight is 336 g/mol. The van der Waals surface area contributed by atoms with Gasteiger partial charge in [0.2, 0.25) is 0 Å². The van der Waals surface area contributed by atoms with Crippen LogP contribution >= 0.6 is 0 Å². The highest BCUT2D eigenvalue weighted by Gasteiger charge is 2.27. The monoisotopic (exact) mass is 336 g/mol. The zero-order valence-electron chi connectivity index (χ0n) is 14.2. The first-order valence-electron chi connectivity index (χ1n) is 7.89. The maximum absolute atomic E-state index is 12.7. The highest BCUT2D eigenvalue weighted by atomic mass is 16.1. The third-order valence-electron chi connectivity index (χ3n) is 3.76. The average Bonchev–Trinajstić information content (AvgIpc) is 3.18. The summed E-state index contributed by atoms with van der Waals surface area (Å²) in [5.74, 6) is -0.250. The molecule has 2 N–H and O–H groups in total. The second-order valence-corrected chi connectivity index (χ2v) is 5.56. The molecule has 0 aliphatic carbocycles. The van der Waals surface area contributed by atoms with Crippen molar-refractivity contribution in [2.45, 2.75) is 13.0 Å². The number of carbonyl (C=O) groups excluding carboxylic acids is 1. The van der Waals surface area contributed by atoms with Gasteiger partial charge in [-0.05, 0) is 18.6 Å². The van der Waals surface area contributed by atoms with Crippen LogP contribution in [0.2, 0.25) is 0 Å². The van der Waals surface area contributed by atoms with Crippen LogP contribution in [0.15, 0.2) is 73.0 Å². The zero-order chi connectivity index (χ0) is 17.8. The molecule has 3 heterocycles. The van der Waals surface area contributed by atoms with Gasteiger partial charge in [0.25, 0.3) is 5.91 Å². The van der Waals surface area contributed by atoms with Gasteiger partial charge < -0.3 is 10.3 Å². The van der Waals surface area contributed by atoms with Crippen LogP contribution in [-0.2, 0) is 0 Å². The first-order valence-corrected chi connectivity index (χ1v) is 7.89. The van der Waals surface area contributed by atoms with Crippen LogP contribution in [0.1, 0.15) is 17.3 Å². The van der Waals surface area contributed by atoms with Gasteiger partial charge in [0, 0.05) is 25.6 Å². The molecule has 0 saturated carbocycles. The molecule has 7 heteroatoms. The van der Waals surface area contributed by atoms with E-state index >= 15 is 0 Å². The molecule has 0 spiro atoms. The van der Waals surface area contributed by atoms with Gasteiger partial charge in [-0.2, -0.15) is 5.10 Å². The Hall–Kier alpha value is -3.19. The van der Waals surface area contributed by atoms with Crippen molar-refractivity contribution < 1.29 is 4.79 Å². The summed E-state index contributed by atoms with van der Waals surface area (Å²) in [6.07, 6.45) is 14.3. The number of hydrogen-bond donors (Lipinski definition) is 2. The van der Waals surface area contributed by atoms with Crippen molar-refractivity contribution in [1.82, 2.24) is 30.3 Å². The Balaban J connectivity index is 1.87. The highest BCUT2D eigenvalue weighted by molar-refractivity contribution is 6.00. The van der Waals surface area contributed by atoms with Gasteiger partial charge >= 0.3 is 0 Å². The summed E-state index contributed by atoms with van der Waals surface area (Å²) >= 11 is 0. The van der Waals surface area contributed by atoms with E-state index in [1.165, 1.54) is 6.20 Å². The summed E-state index contributed by atoms with van der Waals surface area (Å²) in [5.41, 5.74) is 5.97. The number of aromatic nitrogens is 3. The number of nitrogens with zero attached hydrogens (tertiary/aromatic N) is 4. The van der Waals surface area contributed by atoms with Crippen LogP contribution in [-0.4, -0.2) is 38.6 Å². The van der Waals surface area contributed by atoms with Gasteiger partial charge in [-0.25, -0.2) is 14.9 Å². The van der Waals surface area contributed by atoms with E-state index in [0.29, 0.717) is 11.2 Å². The van der Waals surface area contributed by atoms with E-state index in [4.69, 9.17) is 0 Å². The van der Waals surface area contributed by atoms with E-state index in [0.717, 1.165) is 11.3 Å². The Kier molecular flexibility index (Phi) is 4.76. The molecule has 0 fully saturated rings. The largest absolute Gasteiger partial charge is 0.322 e. The Morgan fingerprint density at radius 3 is 3.08 bits per heavy atom. The second kappa shape index (κ2) is 7.14. The first kappa shape index (κ1) is 16.7. The molecule has 0 bridgehead atoms. The molecule has 1 aliphatic heterocycles. The minimum atomic E-state index is -0.250. The van der Waals surface area contributed by atoms with Gasteiger partial charge in [0.05, 0.1) is 17.9 Å². The maximum atomic E-state index is 12.7. The number of amides is 1. The minimum absolute atomic E-state index is 0.169. The first-order chi connectivity index (χ1) is 12.1. The molecular weight excluding hydrogens is 316 g/mol. The van der Waals surface area contributed by atoms with Crippen molar-refractivity contribution in [1.29, 1.82) is 0 Å². The maximum Gasteiger partial charge on any atom is 0.261 e. The van der Waals surface area contributed by atoms with Gasteiger partial charge in [-0.15, -0.1) is 0 Å². The summed E-state index contributed by atoms with van der Waals surface area (Å²) in [7, 11) is 1.88. The summed E-state index contributed by atoms with van der Waals surface area (Å²) < 4.78 is 1.57. The van der Waals surface area contributed by atoms with Crippen LogP contribution in [0, 0.1) is 0 Å². The predicted octanol–water partition coefficient (Wildman–Crippen LogP) is 1.81. The molecule has 1 atom stereocenters. The molecule has 1 unspecified atom stereocenters. The molecule has 0 aromatic carbocycles. The van der Waals surface area contributed by atoms with E-state index in [9.17, 15) is 4.79 Å². The number of hydrazine groups is 1. The highest BCUT2D eigenvalue weighted by Crippen LogP contribution is 2.19. The summed E-state index contributed by atoms with van der Waals surface area (Å²) in [6, 6.07) is 1.59. The van der Waals surface area contributed by atoms with Crippen LogP contribution in [0.3, 0.4) is 0 Å². The smallest absolute Gasteiger partial charge is 0.261 e. The third-order valence-corrected chi connectivity index (χ3v) is 3.76. The van der Waals surface area contributed by atoms with Crippen molar-refractivity contribution in [2.24, 2.45) is 0 Å². The van der Waals surface area contributed by atoms with Crippen molar-refractivity contribution in [3.05, 3.63) is 78.6 Å². The molecule has 7 nitrogen and oxygen atoms in total. The minimum Gasteiger partial charge on any atom is -0.322 e. The van der Waals surface area contributed by atoms with E-state index in [2.05, 4.69) is 27.4 Å². The fourth-order valence-electron chi connectivity index (χ4n) is 2.71. The van der Waals surface area contributed by atoms with Crippen LogP contribution < -0.4 is 10.7 Å². The lowest BCUT2D eigenvalue weighted by atomic mass is 10.0. The standard InChI is InChI=1S/C18H20N6O/c1-4-7-13(8-5-2)16-15(12-23(3)22-16)21-18(25)14-11-20-24-10-6-9-19-17(14)24/h4-12,16,22H,1H2,2-3H3,(H,21,25)/b8-5-,13-7+. The molecule has 3 rings (SSSR count). The molecule has 2 aromatic heterocycles. The third kappa shape index (κ3) is 3.36. The zero-order valence-corrected chi connectivity index (χ0v) is 14.2. The molecule has 1 aliphatic rings. The lowest BCUT2D eigenvalue weighted by Crippen LogP contribution is -2.38. The Morgan fingerprint density at radius 2 is 2.32 bits per heavy atom. The lowest BCUT2D eigenvalue weighted by molar-refractivity contribution is 0.0965. The van der Waals surface area contributed by atoms with E-state index in [1.54, 1.807) is 29.1 Å². The molecule has 25 heavy (non-hydrogen) atoms. The Labute approximate surface area is 146 Å². The molecular formula is C18H20N6O. The number of fused-ring (bicyclic) bond motifs is 1.